The largest absolute Gasteiger partial charge is 0.351 e. The zero-order chi connectivity index (χ0) is 12.8. The van der Waals surface area contributed by atoms with Crippen molar-refractivity contribution in [2.75, 3.05) is 6.54 Å². The van der Waals surface area contributed by atoms with E-state index in [9.17, 15) is 4.79 Å². The van der Waals surface area contributed by atoms with Gasteiger partial charge in [-0.25, -0.2) is 0 Å². The second-order valence-corrected chi connectivity index (χ2v) is 7.57. The van der Waals surface area contributed by atoms with Crippen LogP contribution in [0.5, 0.6) is 0 Å². The minimum atomic E-state index is 0.0328. The standard InChI is InChI=1S/C13H18BrNOS/c1-12(2)9(13(12,3)4)7-15-11(16)10-8(14)5-6-17-10/h5-6,9H,7H2,1-4H3,(H,15,16). The Morgan fingerprint density at radius 3 is 2.41 bits per heavy atom. The number of rotatable bonds is 3. The number of carbonyl (C=O) groups excluding carboxylic acids is 1. The van der Waals surface area contributed by atoms with Gasteiger partial charge in [0.25, 0.3) is 5.91 Å². The first-order valence-corrected chi connectivity index (χ1v) is 7.47. The second kappa shape index (κ2) is 4.09. The molecule has 0 spiro atoms. The van der Waals surface area contributed by atoms with E-state index in [1.807, 2.05) is 11.4 Å². The molecule has 1 N–H and O–H groups in total. The van der Waals surface area contributed by atoms with Gasteiger partial charge in [0.15, 0.2) is 0 Å². The number of hydrogen-bond acceptors (Lipinski definition) is 2. The summed E-state index contributed by atoms with van der Waals surface area (Å²) in [6.07, 6.45) is 0. The number of thiophene rings is 1. The van der Waals surface area contributed by atoms with Gasteiger partial charge in [-0.3, -0.25) is 4.79 Å². The fourth-order valence-electron chi connectivity index (χ4n) is 2.57. The fourth-order valence-corrected chi connectivity index (χ4v) is 4.04. The van der Waals surface area contributed by atoms with Crippen molar-refractivity contribution in [3.63, 3.8) is 0 Å². The summed E-state index contributed by atoms with van der Waals surface area (Å²) < 4.78 is 0.884. The minimum absolute atomic E-state index is 0.0328. The number of amides is 1. The summed E-state index contributed by atoms with van der Waals surface area (Å²) in [4.78, 5) is 12.7. The molecule has 2 nitrogen and oxygen atoms in total. The summed E-state index contributed by atoms with van der Waals surface area (Å²) in [5, 5.41) is 4.96. The van der Waals surface area contributed by atoms with Crippen LogP contribution < -0.4 is 5.32 Å². The Bertz CT molecular complexity index is 436. The third-order valence-corrected chi connectivity index (χ3v) is 6.45. The molecule has 1 fully saturated rings. The van der Waals surface area contributed by atoms with Crippen LogP contribution in [0.25, 0.3) is 0 Å². The van der Waals surface area contributed by atoms with Crippen LogP contribution in [0, 0.1) is 16.7 Å². The van der Waals surface area contributed by atoms with E-state index in [0.29, 0.717) is 16.7 Å². The zero-order valence-corrected chi connectivity index (χ0v) is 13.0. The van der Waals surface area contributed by atoms with E-state index in [2.05, 4.69) is 48.9 Å². The van der Waals surface area contributed by atoms with Gasteiger partial charge in [0.2, 0.25) is 0 Å². The van der Waals surface area contributed by atoms with Crippen molar-refractivity contribution in [3.05, 3.63) is 20.8 Å². The van der Waals surface area contributed by atoms with Gasteiger partial charge in [-0.2, -0.15) is 0 Å². The van der Waals surface area contributed by atoms with E-state index in [1.54, 1.807) is 0 Å². The Balaban J connectivity index is 1.93. The lowest BCUT2D eigenvalue weighted by molar-refractivity contribution is 0.0953. The van der Waals surface area contributed by atoms with Crippen molar-refractivity contribution >= 4 is 33.2 Å². The lowest BCUT2D eigenvalue weighted by Crippen LogP contribution is -2.26. The Kier molecular flexibility index (Phi) is 3.15. The van der Waals surface area contributed by atoms with E-state index < -0.39 is 0 Å². The first-order valence-electron chi connectivity index (χ1n) is 5.79. The van der Waals surface area contributed by atoms with E-state index in [0.717, 1.165) is 15.9 Å². The topological polar surface area (TPSA) is 29.1 Å². The average Bonchev–Trinajstić information content (AvgIpc) is 2.55. The van der Waals surface area contributed by atoms with Crippen LogP contribution in [-0.4, -0.2) is 12.5 Å². The molecular weight excluding hydrogens is 298 g/mol. The van der Waals surface area contributed by atoms with Crippen molar-refractivity contribution in [1.29, 1.82) is 0 Å². The first kappa shape index (κ1) is 13.1. The summed E-state index contributed by atoms with van der Waals surface area (Å²) in [5.41, 5.74) is 0.653. The summed E-state index contributed by atoms with van der Waals surface area (Å²) in [6.45, 7) is 9.84. The molecule has 0 aromatic carbocycles. The van der Waals surface area contributed by atoms with Gasteiger partial charge < -0.3 is 5.32 Å². The van der Waals surface area contributed by atoms with Crippen molar-refractivity contribution < 1.29 is 4.79 Å². The average molecular weight is 316 g/mol. The van der Waals surface area contributed by atoms with Gasteiger partial charge in [0, 0.05) is 11.0 Å². The molecule has 1 aliphatic rings. The molecule has 0 atom stereocenters. The Morgan fingerprint density at radius 1 is 1.41 bits per heavy atom. The fraction of sp³-hybridized carbons (Fsp3) is 0.615. The molecular formula is C13H18BrNOS. The maximum Gasteiger partial charge on any atom is 0.262 e. The van der Waals surface area contributed by atoms with Gasteiger partial charge in [-0.1, -0.05) is 27.7 Å². The van der Waals surface area contributed by atoms with Crippen molar-refractivity contribution in [1.82, 2.24) is 5.32 Å². The van der Waals surface area contributed by atoms with Crippen molar-refractivity contribution in [2.45, 2.75) is 27.7 Å². The Labute approximate surface area is 115 Å². The van der Waals surface area contributed by atoms with Crippen molar-refractivity contribution in [2.24, 2.45) is 16.7 Å². The van der Waals surface area contributed by atoms with Crippen LogP contribution in [0.4, 0.5) is 0 Å². The molecule has 2 rings (SSSR count). The molecule has 1 heterocycles. The van der Waals surface area contributed by atoms with Gasteiger partial charge in [0.1, 0.15) is 4.88 Å². The molecule has 1 aromatic rings. The minimum Gasteiger partial charge on any atom is -0.351 e. The van der Waals surface area contributed by atoms with Crippen LogP contribution in [0.15, 0.2) is 15.9 Å². The highest BCUT2D eigenvalue weighted by atomic mass is 79.9. The zero-order valence-electron chi connectivity index (χ0n) is 10.6. The van der Waals surface area contributed by atoms with Crippen LogP contribution in [0.2, 0.25) is 0 Å². The Hall–Kier alpha value is -0.350. The monoisotopic (exact) mass is 315 g/mol. The van der Waals surface area contributed by atoms with Gasteiger partial charge in [0.05, 0.1) is 0 Å². The first-order chi connectivity index (χ1) is 7.78. The number of hydrogen-bond donors (Lipinski definition) is 1. The Morgan fingerprint density at radius 2 is 2.00 bits per heavy atom. The maximum atomic E-state index is 12.0. The molecule has 0 aliphatic heterocycles. The molecule has 1 saturated carbocycles. The van der Waals surface area contributed by atoms with E-state index in [-0.39, 0.29) is 5.91 Å². The van der Waals surface area contributed by atoms with E-state index in [4.69, 9.17) is 0 Å². The highest BCUT2D eigenvalue weighted by Gasteiger charge is 2.64. The predicted octanol–water partition coefficient (Wildman–Crippen LogP) is 3.92. The molecule has 0 saturated heterocycles. The van der Waals surface area contributed by atoms with E-state index >= 15 is 0 Å². The summed E-state index contributed by atoms with van der Waals surface area (Å²) in [5.74, 6) is 0.600. The molecule has 1 aliphatic carbocycles. The number of halogens is 1. The van der Waals surface area contributed by atoms with Crippen molar-refractivity contribution in [3.8, 4) is 0 Å². The molecule has 94 valence electrons. The van der Waals surface area contributed by atoms with Crippen LogP contribution in [0.1, 0.15) is 37.4 Å². The summed E-state index contributed by atoms with van der Waals surface area (Å²) in [7, 11) is 0. The summed E-state index contributed by atoms with van der Waals surface area (Å²) >= 11 is 4.85. The second-order valence-electron chi connectivity index (χ2n) is 5.80. The molecule has 0 bridgehead atoms. The van der Waals surface area contributed by atoms with Crippen LogP contribution >= 0.6 is 27.3 Å². The lowest BCUT2D eigenvalue weighted by Gasteiger charge is -2.05. The third kappa shape index (κ3) is 2.06. The molecule has 4 heteroatoms. The highest BCUT2D eigenvalue weighted by molar-refractivity contribution is 9.10. The molecule has 1 aromatic heterocycles. The van der Waals surface area contributed by atoms with Crippen LogP contribution in [-0.2, 0) is 0 Å². The molecule has 0 radical (unpaired) electrons. The van der Waals surface area contributed by atoms with Gasteiger partial charge in [-0.05, 0) is 44.1 Å². The smallest absolute Gasteiger partial charge is 0.262 e. The summed E-state index contributed by atoms with van der Waals surface area (Å²) in [6, 6.07) is 1.91. The molecule has 17 heavy (non-hydrogen) atoms. The normalized spacial score (nSPS) is 21.2. The number of nitrogens with one attached hydrogen (secondary N) is 1. The third-order valence-electron chi connectivity index (χ3n) is 4.61. The molecule has 1 amide bonds. The SMILES string of the molecule is CC1(C)C(CNC(=O)c2sccc2Br)C1(C)C. The van der Waals surface area contributed by atoms with Gasteiger partial charge >= 0.3 is 0 Å². The maximum absolute atomic E-state index is 12.0. The van der Waals surface area contributed by atoms with Gasteiger partial charge in [-0.15, -0.1) is 11.3 Å². The lowest BCUT2D eigenvalue weighted by atomic mass is 10.0. The quantitative estimate of drug-likeness (QED) is 0.899. The van der Waals surface area contributed by atoms with E-state index in [1.165, 1.54) is 11.3 Å². The molecule has 0 unspecified atom stereocenters. The van der Waals surface area contributed by atoms with Crippen LogP contribution in [0.3, 0.4) is 0 Å². The highest BCUT2D eigenvalue weighted by Crippen LogP contribution is 2.67. The number of carbonyl (C=O) groups is 1. The predicted molar refractivity (Wildman–Crippen MR) is 75.4 cm³/mol.